The number of rotatable bonds is 9. The van der Waals surface area contributed by atoms with Crippen molar-refractivity contribution in [2.24, 2.45) is 4.74 Å². The Labute approximate surface area is 171 Å². The summed E-state index contributed by atoms with van der Waals surface area (Å²) >= 11 is 0. The van der Waals surface area contributed by atoms with E-state index in [0.717, 1.165) is 5.76 Å². The first-order valence-electron chi connectivity index (χ1n) is 9.38. The SMILES string of the molecule is CCOCCO[P@@](=Nc1cc([N+](=O)[O-])ccc1OC)(c1ccc(C)o1)C(C)(C)C. The first-order valence-corrected chi connectivity index (χ1v) is 11.0. The number of ether oxygens (including phenoxy) is 2. The molecule has 0 saturated carbocycles. The van der Waals surface area contributed by atoms with Crippen molar-refractivity contribution in [1.29, 1.82) is 0 Å². The van der Waals surface area contributed by atoms with Crippen LogP contribution in [-0.2, 0) is 9.26 Å². The zero-order chi connectivity index (χ0) is 21.7. The molecule has 0 spiro atoms. The van der Waals surface area contributed by atoms with E-state index in [1.165, 1.54) is 19.2 Å². The van der Waals surface area contributed by atoms with Gasteiger partial charge in [0.05, 0.1) is 25.2 Å². The second-order valence-electron chi connectivity index (χ2n) is 7.37. The van der Waals surface area contributed by atoms with Crippen LogP contribution in [0, 0.1) is 17.0 Å². The molecule has 9 heteroatoms. The third kappa shape index (κ3) is 5.26. The zero-order valence-corrected chi connectivity index (χ0v) is 18.7. The predicted molar refractivity (Wildman–Crippen MR) is 114 cm³/mol. The van der Waals surface area contributed by atoms with Crippen LogP contribution in [0.15, 0.2) is 39.5 Å². The minimum absolute atomic E-state index is 0.0681. The lowest BCUT2D eigenvalue weighted by molar-refractivity contribution is -0.384. The number of nitro groups is 1. The third-order valence-corrected chi connectivity index (χ3v) is 7.98. The van der Waals surface area contributed by atoms with E-state index in [1.807, 2.05) is 46.8 Å². The van der Waals surface area contributed by atoms with Crippen molar-refractivity contribution in [2.75, 3.05) is 26.9 Å². The van der Waals surface area contributed by atoms with Crippen LogP contribution in [0.5, 0.6) is 5.75 Å². The molecule has 0 fully saturated rings. The van der Waals surface area contributed by atoms with Gasteiger partial charge in [-0.25, -0.2) is 4.74 Å². The molecule has 0 amide bonds. The van der Waals surface area contributed by atoms with Crippen LogP contribution in [0.4, 0.5) is 11.4 Å². The highest BCUT2D eigenvalue weighted by molar-refractivity contribution is 7.70. The van der Waals surface area contributed by atoms with Gasteiger partial charge in [-0.3, -0.25) is 10.1 Å². The molecule has 1 aromatic carbocycles. The van der Waals surface area contributed by atoms with Crippen molar-refractivity contribution in [3.8, 4) is 5.75 Å². The summed E-state index contributed by atoms with van der Waals surface area (Å²) in [7, 11) is -1.28. The summed E-state index contributed by atoms with van der Waals surface area (Å²) in [5.41, 5.74) is 0.907. The quantitative estimate of drug-likeness (QED) is 0.230. The lowest BCUT2D eigenvalue weighted by Gasteiger charge is -2.35. The van der Waals surface area contributed by atoms with Gasteiger partial charge in [0.2, 0.25) is 0 Å². The molecular weight excluding hydrogens is 395 g/mol. The molecule has 160 valence electrons. The van der Waals surface area contributed by atoms with Crippen molar-refractivity contribution in [2.45, 2.75) is 39.8 Å². The van der Waals surface area contributed by atoms with Crippen molar-refractivity contribution in [3.63, 3.8) is 0 Å². The highest BCUT2D eigenvalue weighted by Gasteiger charge is 2.40. The average molecular weight is 424 g/mol. The normalized spacial score (nSPS) is 13.7. The molecule has 2 rings (SSSR count). The fourth-order valence-electron chi connectivity index (χ4n) is 2.79. The predicted octanol–water partition coefficient (Wildman–Crippen LogP) is 5.43. The Bertz CT molecular complexity index is 901. The van der Waals surface area contributed by atoms with Gasteiger partial charge in [0, 0.05) is 23.9 Å². The molecular formula is C20H29N2O6P. The van der Waals surface area contributed by atoms with Gasteiger partial charge >= 0.3 is 0 Å². The minimum atomic E-state index is -2.79. The van der Waals surface area contributed by atoms with E-state index in [-0.39, 0.29) is 5.69 Å². The van der Waals surface area contributed by atoms with Gasteiger partial charge in [-0.15, -0.1) is 0 Å². The molecule has 0 unspecified atom stereocenters. The number of benzene rings is 1. The fraction of sp³-hybridized carbons (Fsp3) is 0.500. The summed E-state index contributed by atoms with van der Waals surface area (Å²) in [6, 6.07) is 8.06. The van der Waals surface area contributed by atoms with E-state index in [4.69, 9.17) is 23.2 Å². The van der Waals surface area contributed by atoms with E-state index < -0.39 is 17.4 Å². The maximum absolute atomic E-state index is 11.3. The van der Waals surface area contributed by atoms with Crippen molar-refractivity contribution in [3.05, 3.63) is 46.2 Å². The molecule has 0 radical (unpaired) electrons. The molecule has 29 heavy (non-hydrogen) atoms. The van der Waals surface area contributed by atoms with Crippen LogP contribution in [0.1, 0.15) is 33.5 Å². The van der Waals surface area contributed by atoms with E-state index in [1.54, 1.807) is 6.07 Å². The second kappa shape index (κ2) is 9.57. The Morgan fingerprint density at radius 3 is 2.45 bits per heavy atom. The summed E-state index contributed by atoms with van der Waals surface area (Å²) in [6.45, 7) is 11.1. The molecule has 1 atom stereocenters. The summed E-state index contributed by atoms with van der Waals surface area (Å²) in [6.07, 6.45) is 0. The topological polar surface area (TPSA) is 96.3 Å². The number of furan rings is 1. The molecule has 8 nitrogen and oxygen atoms in total. The first kappa shape index (κ1) is 23.1. The summed E-state index contributed by atoms with van der Waals surface area (Å²) in [4.78, 5) is 10.8. The number of hydrogen-bond acceptors (Lipinski definition) is 7. The van der Waals surface area contributed by atoms with E-state index in [2.05, 4.69) is 0 Å². The Kier molecular flexibility index (Phi) is 7.63. The molecule has 0 aliphatic carbocycles. The molecule has 1 heterocycles. The van der Waals surface area contributed by atoms with Gasteiger partial charge in [-0.05, 0) is 32.0 Å². The summed E-state index contributed by atoms with van der Waals surface area (Å²) < 4.78 is 28.2. The van der Waals surface area contributed by atoms with E-state index >= 15 is 0 Å². The Hall–Kier alpha value is -2.15. The van der Waals surface area contributed by atoms with Crippen LogP contribution in [-0.4, -0.2) is 37.0 Å². The number of nitro benzene ring substituents is 1. The van der Waals surface area contributed by atoms with Crippen LogP contribution in [0.3, 0.4) is 0 Å². The van der Waals surface area contributed by atoms with Gasteiger partial charge in [-0.1, -0.05) is 20.8 Å². The molecule has 2 aromatic rings. The Balaban J connectivity index is 2.74. The number of methoxy groups -OCH3 is 1. The molecule has 0 saturated heterocycles. The van der Waals surface area contributed by atoms with Gasteiger partial charge < -0.3 is 18.4 Å². The monoisotopic (exact) mass is 424 g/mol. The average Bonchev–Trinajstić information content (AvgIpc) is 3.09. The fourth-order valence-corrected chi connectivity index (χ4v) is 5.77. The molecule has 1 aromatic heterocycles. The van der Waals surface area contributed by atoms with Gasteiger partial charge in [0.1, 0.15) is 17.2 Å². The number of aryl methyl sites for hydroxylation is 1. The lowest BCUT2D eigenvalue weighted by Crippen LogP contribution is -2.25. The van der Waals surface area contributed by atoms with Gasteiger partial charge in [0.25, 0.3) is 5.69 Å². The van der Waals surface area contributed by atoms with Crippen molar-refractivity contribution < 1.29 is 23.3 Å². The van der Waals surface area contributed by atoms with Gasteiger partial charge in [-0.2, -0.15) is 0 Å². The van der Waals surface area contributed by atoms with Crippen LogP contribution in [0.2, 0.25) is 0 Å². The number of hydrogen-bond donors (Lipinski definition) is 0. The summed E-state index contributed by atoms with van der Waals surface area (Å²) in [5.74, 6) is 1.17. The smallest absolute Gasteiger partial charge is 0.271 e. The maximum atomic E-state index is 11.3. The molecule has 0 aliphatic heterocycles. The highest BCUT2D eigenvalue weighted by atomic mass is 31.2. The molecule has 0 bridgehead atoms. The largest absolute Gasteiger partial charge is 0.494 e. The van der Waals surface area contributed by atoms with Crippen LogP contribution in [0.25, 0.3) is 0 Å². The zero-order valence-electron chi connectivity index (χ0n) is 17.8. The standard InChI is InChI=1S/C20H29N2O6P/c1-7-26-12-13-27-29(20(3,4)5,19-11-8-15(2)28-19)21-17-14-16(22(23)24)9-10-18(17)25-6/h8-11,14H,7,12-13H2,1-6H3/t29-/m0/s1. The molecule has 0 N–H and O–H groups in total. The summed E-state index contributed by atoms with van der Waals surface area (Å²) in [5, 5.41) is 10.9. The van der Waals surface area contributed by atoms with Crippen molar-refractivity contribution in [1.82, 2.24) is 0 Å². The Morgan fingerprint density at radius 1 is 1.21 bits per heavy atom. The lowest BCUT2D eigenvalue weighted by atomic mass is 10.2. The van der Waals surface area contributed by atoms with Crippen molar-refractivity contribution >= 4 is 24.2 Å². The van der Waals surface area contributed by atoms with E-state index in [9.17, 15) is 10.1 Å². The Morgan fingerprint density at radius 2 is 1.93 bits per heavy atom. The van der Waals surface area contributed by atoms with Crippen LogP contribution < -0.4 is 10.2 Å². The number of non-ortho nitro benzene ring substituents is 1. The third-order valence-electron chi connectivity index (χ3n) is 4.27. The van der Waals surface area contributed by atoms with Crippen LogP contribution >= 0.6 is 7.28 Å². The first-order chi connectivity index (χ1) is 13.6. The minimum Gasteiger partial charge on any atom is -0.494 e. The second-order valence-corrected chi connectivity index (χ2v) is 10.8. The number of nitrogens with zero attached hydrogens (tertiary/aromatic N) is 2. The maximum Gasteiger partial charge on any atom is 0.271 e. The van der Waals surface area contributed by atoms with E-state index in [0.29, 0.717) is 36.8 Å². The highest BCUT2D eigenvalue weighted by Crippen LogP contribution is 2.63. The van der Waals surface area contributed by atoms with Gasteiger partial charge in [0.15, 0.2) is 12.8 Å². The molecule has 0 aliphatic rings.